The maximum atomic E-state index is 10.9. The maximum absolute atomic E-state index is 10.9. The summed E-state index contributed by atoms with van der Waals surface area (Å²) >= 11 is 0. The number of amides is 1. The van der Waals surface area contributed by atoms with Crippen molar-refractivity contribution in [3.05, 3.63) is 0 Å². The van der Waals surface area contributed by atoms with Gasteiger partial charge in [-0.1, -0.05) is 20.8 Å². The number of carbonyl (C=O) groups excluding carboxylic acids is 1. The maximum Gasteiger partial charge on any atom is 0.222 e. The fraction of sp³-hybridized carbons (Fsp3) is 0.889. The minimum Gasteiger partial charge on any atom is -0.343 e. The van der Waals surface area contributed by atoms with E-state index in [9.17, 15) is 4.79 Å². The molecule has 1 saturated heterocycles. The Kier molecular flexibility index (Phi) is 4.92. The second-order valence-electron chi connectivity index (χ2n) is 2.74. The summed E-state index contributed by atoms with van der Waals surface area (Å²) in [6, 6.07) is 0. The van der Waals surface area contributed by atoms with Gasteiger partial charge in [0.15, 0.2) is 0 Å². The first-order chi connectivity index (χ1) is 5.24. The van der Waals surface area contributed by atoms with Crippen LogP contribution in [0.25, 0.3) is 0 Å². The number of likely N-dealkylation sites (tertiary alicyclic amines) is 1. The van der Waals surface area contributed by atoms with E-state index in [1.165, 1.54) is 0 Å². The Balaban J connectivity index is 0.000000461. The smallest absolute Gasteiger partial charge is 0.222 e. The summed E-state index contributed by atoms with van der Waals surface area (Å²) in [5, 5.41) is 0. The molecule has 66 valence electrons. The van der Waals surface area contributed by atoms with Crippen molar-refractivity contribution in [2.75, 3.05) is 13.1 Å². The molecule has 0 aromatic carbocycles. The number of rotatable bonds is 1. The summed E-state index contributed by atoms with van der Waals surface area (Å²) in [6.45, 7) is 9.99. The summed E-state index contributed by atoms with van der Waals surface area (Å²) in [7, 11) is 0. The average molecular weight is 157 g/mol. The molecule has 0 N–H and O–H groups in total. The van der Waals surface area contributed by atoms with Gasteiger partial charge < -0.3 is 4.90 Å². The molecule has 11 heavy (non-hydrogen) atoms. The second-order valence-corrected chi connectivity index (χ2v) is 2.74. The highest BCUT2D eigenvalue weighted by Gasteiger charge is 2.24. The molecule has 1 amide bonds. The number of hydrogen-bond donors (Lipinski definition) is 0. The Labute approximate surface area is 69.6 Å². The predicted molar refractivity (Wildman–Crippen MR) is 47.4 cm³/mol. The molecular weight excluding hydrogens is 138 g/mol. The molecule has 0 radical (unpaired) electrons. The lowest BCUT2D eigenvalue weighted by Gasteiger charge is -2.11. The van der Waals surface area contributed by atoms with Crippen LogP contribution in [0.2, 0.25) is 0 Å². The van der Waals surface area contributed by atoms with E-state index < -0.39 is 0 Å². The van der Waals surface area contributed by atoms with Gasteiger partial charge in [0.05, 0.1) is 0 Å². The van der Waals surface area contributed by atoms with Crippen LogP contribution in [0.1, 0.15) is 34.1 Å². The Morgan fingerprint density at radius 3 is 2.27 bits per heavy atom. The van der Waals surface area contributed by atoms with Crippen molar-refractivity contribution < 1.29 is 4.79 Å². The number of carbonyl (C=O) groups is 1. The van der Waals surface area contributed by atoms with Crippen LogP contribution in [0.5, 0.6) is 0 Å². The Bertz CT molecular complexity index is 123. The number of nitrogens with zero attached hydrogens (tertiary/aromatic N) is 1. The molecule has 0 aromatic heterocycles. The average Bonchev–Trinajstić information content (AvgIpc) is 2.33. The van der Waals surface area contributed by atoms with E-state index in [4.69, 9.17) is 0 Å². The van der Waals surface area contributed by atoms with Gasteiger partial charge in [0.25, 0.3) is 0 Å². The predicted octanol–water partition coefficient (Wildman–Crippen LogP) is 1.90. The molecule has 0 aromatic rings. The largest absolute Gasteiger partial charge is 0.343 e. The molecule has 0 saturated carbocycles. The summed E-state index contributed by atoms with van der Waals surface area (Å²) in [5.41, 5.74) is 0. The molecule has 1 unspecified atom stereocenters. The molecule has 2 nitrogen and oxygen atoms in total. The summed E-state index contributed by atoms with van der Waals surface area (Å²) in [4.78, 5) is 12.8. The van der Waals surface area contributed by atoms with Gasteiger partial charge in [-0.3, -0.25) is 4.79 Å². The molecule has 0 spiro atoms. The van der Waals surface area contributed by atoms with Crippen molar-refractivity contribution in [1.29, 1.82) is 0 Å². The van der Waals surface area contributed by atoms with Crippen molar-refractivity contribution in [3.8, 4) is 0 Å². The Morgan fingerprint density at radius 2 is 2.09 bits per heavy atom. The molecule has 1 rings (SSSR count). The summed E-state index contributed by atoms with van der Waals surface area (Å²) in [6.07, 6.45) is 0.758. The zero-order chi connectivity index (χ0) is 8.85. The van der Waals surface area contributed by atoms with Crippen LogP contribution in [0.4, 0.5) is 0 Å². The minimum absolute atomic E-state index is 0.324. The zero-order valence-corrected chi connectivity index (χ0v) is 8.05. The van der Waals surface area contributed by atoms with Gasteiger partial charge in [-0.15, -0.1) is 0 Å². The topological polar surface area (TPSA) is 20.3 Å². The molecule has 1 aliphatic rings. The van der Waals surface area contributed by atoms with Crippen LogP contribution in [0, 0.1) is 5.92 Å². The second kappa shape index (κ2) is 5.16. The Hall–Kier alpha value is -0.530. The molecule has 0 bridgehead atoms. The van der Waals surface area contributed by atoms with E-state index in [0.717, 1.165) is 19.5 Å². The van der Waals surface area contributed by atoms with Gasteiger partial charge in [0, 0.05) is 19.5 Å². The van der Waals surface area contributed by atoms with E-state index in [1.54, 1.807) is 0 Å². The van der Waals surface area contributed by atoms with Crippen molar-refractivity contribution in [1.82, 2.24) is 4.90 Å². The van der Waals surface area contributed by atoms with E-state index in [-0.39, 0.29) is 0 Å². The van der Waals surface area contributed by atoms with Crippen LogP contribution < -0.4 is 0 Å². The van der Waals surface area contributed by atoms with Crippen LogP contribution in [-0.4, -0.2) is 23.9 Å². The molecule has 1 heterocycles. The van der Waals surface area contributed by atoms with Crippen molar-refractivity contribution in [2.24, 2.45) is 5.92 Å². The van der Waals surface area contributed by atoms with Crippen LogP contribution in [-0.2, 0) is 4.79 Å². The highest BCUT2D eigenvalue weighted by molar-refractivity contribution is 5.78. The van der Waals surface area contributed by atoms with Crippen LogP contribution >= 0.6 is 0 Å². The summed E-state index contributed by atoms with van der Waals surface area (Å²) in [5.74, 6) is 0.905. The lowest BCUT2D eigenvalue weighted by atomic mass is 10.2. The van der Waals surface area contributed by atoms with Crippen LogP contribution in [0.15, 0.2) is 0 Å². The fourth-order valence-electron chi connectivity index (χ4n) is 1.28. The molecule has 1 aliphatic heterocycles. The third-order valence-electron chi connectivity index (χ3n) is 1.79. The third-order valence-corrected chi connectivity index (χ3v) is 1.79. The minimum atomic E-state index is 0.324. The van der Waals surface area contributed by atoms with Crippen molar-refractivity contribution in [2.45, 2.75) is 34.1 Å². The molecule has 1 fully saturated rings. The molecule has 0 aliphatic carbocycles. The molecular formula is C9H19NO. The highest BCUT2D eigenvalue weighted by atomic mass is 16.2. The van der Waals surface area contributed by atoms with Gasteiger partial charge in [-0.2, -0.15) is 0 Å². The van der Waals surface area contributed by atoms with E-state index >= 15 is 0 Å². The zero-order valence-electron chi connectivity index (χ0n) is 8.05. The van der Waals surface area contributed by atoms with Crippen LogP contribution in [0.3, 0.4) is 0 Å². The lowest BCUT2D eigenvalue weighted by Crippen LogP contribution is -2.24. The normalized spacial score (nSPS) is 23.1. The molecule has 1 atom stereocenters. The van der Waals surface area contributed by atoms with Gasteiger partial charge in [0.1, 0.15) is 0 Å². The SMILES string of the molecule is CC.CCN1CC(C)CC1=O. The van der Waals surface area contributed by atoms with Crippen molar-refractivity contribution >= 4 is 5.91 Å². The van der Waals surface area contributed by atoms with Gasteiger partial charge in [0.2, 0.25) is 5.91 Å². The standard InChI is InChI=1S/C7H13NO.C2H6/c1-3-8-5-6(2)4-7(8)9;1-2/h6H,3-5H2,1-2H3;1-2H3. The van der Waals surface area contributed by atoms with Gasteiger partial charge in [-0.05, 0) is 12.8 Å². The third kappa shape index (κ3) is 2.91. The lowest BCUT2D eigenvalue weighted by molar-refractivity contribution is -0.127. The first-order valence-electron chi connectivity index (χ1n) is 4.51. The van der Waals surface area contributed by atoms with Gasteiger partial charge in [-0.25, -0.2) is 0 Å². The summed E-state index contributed by atoms with van der Waals surface area (Å²) < 4.78 is 0. The van der Waals surface area contributed by atoms with Crippen molar-refractivity contribution in [3.63, 3.8) is 0 Å². The number of hydrogen-bond acceptors (Lipinski definition) is 1. The van der Waals surface area contributed by atoms with E-state index in [2.05, 4.69) is 6.92 Å². The van der Waals surface area contributed by atoms with E-state index in [0.29, 0.717) is 11.8 Å². The fourth-order valence-corrected chi connectivity index (χ4v) is 1.28. The highest BCUT2D eigenvalue weighted by Crippen LogP contribution is 2.15. The first kappa shape index (κ1) is 10.5. The monoisotopic (exact) mass is 157 g/mol. The van der Waals surface area contributed by atoms with E-state index in [1.807, 2.05) is 25.7 Å². The Morgan fingerprint density at radius 1 is 1.55 bits per heavy atom. The quantitative estimate of drug-likeness (QED) is 0.569. The first-order valence-corrected chi connectivity index (χ1v) is 4.51. The molecule has 2 heteroatoms. The van der Waals surface area contributed by atoms with Gasteiger partial charge >= 0.3 is 0 Å².